The molecule has 0 bridgehead atoms. The molecule has 96 valence electrons. The second kappa shape index (κ2) is 6.23. The lowest BCUT2D eigenvalue weighted by atomic mass is 10.1. The molecular formula is C5H10NO9P-2. The second-order valence-electron chi connectivity index (χ2n) is 2.72. The maximum atomic E-state index is 10.6. The number of amides is 1. The number of rotatable bonds is 6. The van der Waals surface area contributed by atoms with Crippen LogP contribution in [-0.2, 0) is 13.9 Å². The van der Waals surface area contributed by atoms with E-state index in [0.29, 0.717) is 0 Å². The topological polar surface area (TPSA) is 182 Å². The molecular weight excluding hydrogens is 249 g/mol. The van der Waals surface area contributed by atoms with Gasteiger partial charge >= 0.3 is 0 Å². The first-order chi connectivity index (χ1) is 7.19. The second-order valence-corrected chi connectivity index (χ2v) is 3.87. The van der Waals surface area contributed by atoms with Gasteiger partial charge in [0.05, 0.1) is 14.4 Å². The first-order valence-corrected chi connectivity index (χ1v) is 5.30. The minimum Gasteiger partial charge on any atom is -0.790 e. The normalized spacial score (nSPS) is 17.6. The van der Waals surface area contributed by atoms with E-state index < -0.39 is 38.6 Å². The molecule has 0 aromatic carbocycles. The van der Waals surface area contributed by atoms with Crippen LogP contribution in [0.5, 0.6) is 0 Å². The van der Waals surface area contributed by atoms with Crippen molar-refractivity contribution in [2.45, 2.75) is 18.3 Å². The average Bonchev–Trinajstić information content (AvgIpc) is 2.21. The molecule has 0 aliphatic carbocycles. The zero-order valence-electron chi connectivity index (χ0n) is 7.72. The summed E-state index contributed by atoms with van der Waals surface area (Å²) in [6.07, 6.45) is -6.33. The highest BCUT2D eigenvalue weighted by Crippen LogP contribution is 2.24. The Labute approximate surface area is 89.3 Å². The molecule has 16 heavy (non-hydrogen) atoms. The predicted octanol–water partition coefficient (Wildman–Crippen LogP) is -4.58. The number of carbonyl (C=O) groups excluding carboxylic acids is 1. The van der Waals surface area contributed by atoms with Crippen molar-refractivity contribution in [1.29, 1.82) is 0 Å². The smallest absolute Gasteiger partial charge is 0.274 e. The van der Waals surface area contributed by atoms with Crippen LogP contribution >= 0.6 is 7.82 Å². The molecule has 0 heterocycles. The molecule has 0 spiro atoms. The van der Waals surface area contributed by atoms with Crippen LogP contribution in [0.15, 0.2) is 0 Å². The molecule has 0 aromatic rings. The third-order valence-corrected chi connectivity index (χ3v) is 1.97. The van der Waals surface area contributed by atoms with Crippen LogP contribution in [0, 0.1) is 0 Å². The van der Waals surface area contributed by atoms with Crippen molar-refractivity contribution in [3.8, 4) is 0 Å². The molecule has 0 unspecified atom stereocenters. The summed E-state index contributed by atoms with van der Waals surface area (Å²) in [7, 11) is -5.32. The first kappa shape index (κ1) is 15.4. The van der Waals surface area contributed by atoms with Crippen LogP contribution in [0.2, 0.25) is 0 Å². The van der Waals surface area contributed by atoms with E-state index in [0.717, 1.165) is 5.48 Å². The Balaban J connectivity index is 4.23. The zero-order chi connectivity index (χ0) is 12.9. The maximum absolute atomic E-state index is 10.6. The standard InChI is InChI=1S/C5H12NO9P/c7-2(1-15-16(12,13)14)3(8)4(9)5(10)6-11/h2-4,7-9,11H,1H2,(H,6,10)(H2,12,13,14)/p-2/t2-,3-,4+/m1/s1. The molecule has 0 aliphatic rings. The highest BCUT2D eigenvalue weighted by atomic mass is 31.2. The van der Waals surface area contributed by atoms with Crippen molar-refractivity contribution >= 4 is 13.7 Å². The number of aliphatic hydroxyl groups excluding tert-OH is 3. The fourth-order valence-corrected chi connectivity index (χ4v) is 1.03. The van der Waals surface area contributed by atoms with Gasteiger partial charge in [-0.05, 0) is 0 Å². The summed E-state index contributed by atoms with van der Waals surface area (Å²) in [6.45, 7) is -1.12. The van der Waals surface area contributed by atoms with Crippen LogP contribution in [0.3, 0.4) is 0 Å². The first-order valence-electron chi connectivity index (χ1n) is 3.83. The molecule has 0 saturated carbocycles. The van der Waals surface area contributed by atoms with E-state index in [1.807, 2.05) is 0 Å². The van der Waals surface area contributed by atoms with Crippen LogP contribution in [0.25, 0.3) is 0 Å². The highest BCUT2D eigenvalue weighted by Gasteiger charge is 2.30. The summed E-state index contributed by atoms with van der Waals surface area (Å²) in [6, 6.07) is 0. The molecule has 0 fully saturated rings. The van der Waals surface area contributed by atoms with Crippen LogP contribution in [0.4, 0.5) is 0 Å². The van der Waals surface area contributed by atoms with Gasteiger partial charge in [0.1, 0.15) is 12.2 Å². The SMILES string of the molecule is O=C(NO)[C@@H](O)[C@H](O)[C@H](O)COP(=O)([O-])[O-]. The monoisotopic (exact) mass is 259 g/mol. The van der Waals surface area contributed by atoms with Gasteiger partial charge in [0.15, 0.2) is 6.10 Å². The van der Waals surface area contributed by atoms with Gasteiger partial charge in [-0.3, -0.25) is 10.0 Å². The number of phosphoric ester groups is 1. The number of carbonyl (C=O) groups is 1. The quantitative estimate of drug-likeness (QED) is 0.178. The van der Waals surface area contributed by atoms with Crippen molar-refractivity contribution in [2.24, 2.45) is 0 Å². The largest absolute Gasteiger partial charge is 0.790 e. The molecule has 5 N–H and O–H groups in total. The summed E-state index contributed by atoms with van der Waals surface area (Å²) in [5.74, 6) is -1.42. The van der Waals surface area contributed by atoms with Gasteiger partial charge in [0.25, 0.3) is 5.91 Å². The van der Waals surface area contributed by atoms with Crippen LogP contribution in [0.1, 0.15) is 0 Å². The number of aliphatic hydroxyl groups is 3. The van der Waals surface area contributed by atoms with Crippen molar-refractivity contribution in [3.63, 3.8) is 0 Å². The average molecular weight is 259 g/mol. The number of nitrogens with one attached hydrogen (secondary N) is 1. The summed E-state index contributed by atoms with van der Waals surface area (Å²) >= 11 is 0. The number of hydrogen-bond acceptors (Lipinski definition) is 9. The van der Waals surface area contributed by atoms with E-state index in [1.165, 1.54) is 0 Å². The van der Waals surface area contributed by atoms with E-state index in [9.17, 15) is 19.1 Å². The van der Waals surface area contributed by atoms with Crippen molar-refractivity contribution in [2.75, 3.05) is 6.61 Å². The molecule has 3 atom stereocenters. The van der Waals surface area contributed by atoms with Gasteiger partial charge < -0.3 is 34.2 Å². The molecule has 0 aromatic heterocycles. The van der Waals surface area contributed by atoms with E-state index in [2.05, 4.69) is 4.52 Å². The third-order valence-electron chi connectivity index (χ3n) is 1.50. The number of phosphoric acid groups is 1. The Hall–Kier alpha value is -0.580. The fraction of sp³-hybridized carbons (Fsp3) is 0.800. The molecule has 10 nitrogen and oxygen atoms in total. The van der Waals surface area contributed by atoms with Crippen LogP contribution in [-0.4, -0.2) is 51.4 Å². The summed E-state index contributed by atoms with van der Waals surface area (Å²) in [5.41, 5.74) is 0.994. The molecule has 1 amide bonds. The lowest BCUT2D eigenvalue weighted by Gasteiger charge is -2.31. The van der Waals surface area contributed by atoms with Crippen molar-refractivity contribution in [3.05, 3.63) is 0 Å². The Morgan fingerprint density at radius 2 is 1.88 bits per heavy atom. The summed E-state index contributed by atoms with van der Waals surface area (Å²) < 4.78 is 13.6. The lowest BCUT2D eigenvalue weighted by molar-refractivity contribution is -0.343. The van der Waals surface area contributed by atoms with Gasteiger partial charge in [-0.2, -0.15) is 0 Å². The van der Waals surface area contributed by atoms with Crippen LogP contribution < -0.4 is 15.3 Å². The molecule has 0 rings (SSSR count). The van der Waals surface area contributed by atoms with E-state index in [1.54, 1.807) is 0 Å². The Bertz CT molecular complexity index is 277. The number of hydroxylamine groups is 1. The minimum absolute atomic E-state index is 0.994. The minimum atomic E-state index is -5.32. The Morgan fingerprint density at radius 1 is 1.38 bits per heavy atom. The van der Waals surface area contributed by atoms with E-state index in [4.69, 9.17) is 20.5 Å². The van der Waals surface area contributed by atoms with Crippen molar-refractivity contribution in [1.82, 2.24) is 5.48 Å². The molecule has 0 saturated heterocycles. The van der Waals surface area contributed by atoms with E-state index in [-0.39, 0.29) is 0 Å². The molecule has 0 radical (unpaired) electrons. The van der Waals surface area contributed by atoms with Gasteiger partial charge in [-0.1, -0.05) is 0 Å². The maximum Gasteiger partial charge on any atom is 0.274 e. The van der Waals surface area contributed by atoms with Gasteiger partial charge in [0.2, 0.25) is 0 Å². The van der Waals surface area contributed by atoms with Gasteiger partial charge in [-0.25, -0.2) is 5.48 Å². The third kappa shape index (κ3) is 5.49. The number of hydrogen-bond donors (Lipinski definition) is 5. The summed E-state index contributed by atoms with van der Waals surface area (Å²) in [5, 5.41) is 35.0. The molecule has 11 heteroatoms. The highest BCUT2D eigenvalue weighted by molar-refractivity contribution is 7.43. The summed E-state index contributed by atoms with van der Waals surface area (Å²) in [4.78, 5) is 30.5. The fourth-order valence-electron chi connectivity index (χ4n) is 0.698. The van der Waals surface area contributed by atoms with Gasteiger partial charge in [0, 0.05) is 0 Å². The zero-order valence-corrected chi connectivity index (χ0v) is 8.61. The Morgan fingerprint density at radius 3 is 2.25 bits per heavy atom. The molecule has 0 aliphatic heterocycles. The lowest BCUT2D eigenvalue weighted by Crippen LogP contribution is -2.48. The van der Waals surface area contributed by atoms with E-state index >= 15 is 0 Å². The van der Waals surface area contributed by atoms with Gasteiger partial charge in [-0.15, -0.1) is 0 Å². The predicted molar refractivity (Wildman–Crippen MR) is 41.5 cm³/mol. The van der Waals surface area contributed by atoms with Crippen molar-refractivity contribution < 1.29 is 44.2 Å². The Kier molecular flexibility index (Phi) is 6.00.